The number of aliphatic carboxylic acids is 1. The van der Waals surface area contributed by atoms with E-state index in [1.165, 1.54) is 8.61 Å². The molecule has 3 aliphatic heterocycles. The molecule has 8 heteroatoms. The highest BCUT2D eigenvalue weighted by Crippen LogP contribution is 2.30. The molecule has 2 unspecified atom stereocenters. The van der Waals surface area contributed by atoms with Crippen molar-refractivity contribution in [1.82, 2.24) is 8.61 Å². The molecular formula is C12H20N2O5S. The normalized spacial score (nSPS) is 33.4. The molecule has 0 amide bonds. The van der Waals surface area contributed by atoms with Gasteiger partial charge in [0, 0.05) is 26.2 Å². The summed E-state index contributed by atoms with van der Waals surface area (Å²) in [5, 5.41) is 8.96. The number of ether oxygens (including phenoxy) is 1. The van der Waals surface area contributed by atoms with Crippen molar-refractivity contribution in [2.24, 2.45) is 5.92 Å². The fraction of sp³-hybridized carbons (Fsp3) is 0.917. The van der Waals surface area contributed by atoms with E-state index in [2.05, 4.69) is 0 Å². The van der Waals surface area contributed by atoms with Crippen molar-refractivity contribution in [3.8, 4) is 0 Å². The van der Waals surface area contributed by atoms with Crippen LogP contribution in [0.5, 0.6) is 0 Å². The van der Waals surface area contributed by atoms with Crippen LogP contribution < -0.4 is 0 Å². The van der Waals surface area contributed by atoms with Gasteiger partial charge in [-0.05, 0) is 25.7 Å². The Balaban J connectivity index is 1.65. The van der Waals surface area contributed by atoms with Crippen molar-refractivity contribution in [1.29, 1.82) is 0 Å². The molecular weight excluding hydrogens is 284 g/mol. The Morgan fingerprint density at radius 3 is 2.05 bits per heavy atom. The molecule has 114 valence electrons. The third kappa shape index (κ3) is 2.57. The first-order valence-electron chi connectivity index (χ1n) is 7.10. The first-order valence-corrected chi connectivity index (χ1v) is 8.50. The maximum atomic E-state index is 12.6. The topological polar surface area (TPSA) is 87.2 Å². The van der Waals surface area contributed by atoms with Gasteiger partial charge in [-0.3, -0.25) is 4.79 Å². The first kappa shape index (κ1) is 14.2. The predicted molar refractivity (Wildman–Crippen MR) is 70.3 cm³/mol. The lowest BCUT2D eigenvalue weighted by atomic mass is 9.99. The Morgan fingerprint density at radius 1 is 1.00 bits per heavy atom. The molecule has 20 heavy (non-hydrogen) atoms. The molecule has 3 aliphatic rings. The zero-order chi connectivity index (χ0) is 14.3. The van der Waals surface area contributed by atoms with Crippen LogP contribution in [-0.4, -0.2) is 66.5 Å². The number of hydrogen-bond donors (Lipinski definition) is 1. The Labute approximate surface area is 118 Å². The van der Waals surface area contributed by atoms with Crippen LogP contribution in [0.25, 0.3) is 0 Å². The van der Waals surface area contributed by atoms with Crippen LogP contribution in [0.2, 0.25) is 0 Å². The third-order valence-corrected chi connectivity index (χ3v) is 6.43. The van der Waals surface area contributed by atoms with Gasteiger partial charge in [0.25, 0.3) is 10.2 Å². The van der Waals surface area contributed by atoms with E-state index in [4.69, 9.17) is 9.84 Å². The number of carbonyl (C=O) groups is 1. The molecule has 0 aromatic heterocycles. The lowest BCUT2D eigenvalue weighted by Gasteiger charge is -2.37. The number of morpholine rings is 1. The van der Waals surface area contributed by atoms with E-state index in [9.17, 15) is 13.2 Å². The molecule has 0 aromatic carbocycles. The van der Waals surface area contributed by atoms with Crippen molar-refractivity contribution in [2.75, 3.05) is 26.2 Å². The molecule has 3 heterocycles. The molecule has 0 aromatic rings. The van der Waals surface area contributed by atoms with Gasteiger partial charge in [-0.2, -0.15) is 17.0 Å². The highest BCUT2D eigenvalue weighted by atomic mass is 32.2. The van der Waals surface area contributed by atoms with Gasteiger partial charge < -0.3 is 9.84 Å². The maximum Gasteiger partial charge on any atom is 0.306 e. The van der Waals surface area contributed by atoms with Crippen LogP contribution in [0.3, 0.4) is 0 Å². The summed E-state index contributed by atoms with van der Waals surface area (Å²) >= 11 is 0. The standard InChI is InChI=1S/C12H20N2O5S/c15-12(16)9-3-5-13(6-4-9)20(17,18)14-7-10-1-2-11(8-14)19-10/h9-11H,1-8H2,(H,15,16). The number of fused-ring (bicyclic) bond motifs is 2. The van der Waals surface area contributed by atoms with Crippen LogP contribution in [0.4, 0.5) is 0 Å². The summed E-state index contributed by atoms with van der Waals surface area (Å²) in [6.07, 6.45) is 2.70. The first-order chi connectivity index (χ1) is 9.46. The fourth-order valence-electron chi connectivity index (χ4n) is 3.26. The molecule has 0 radical (unpaired) electrons. The van der Waals surface area contributed by atoms with Gasteiger partial charge in [-0.1, -0.05) is 0 Å². The molecule has 7 nitrogen and oxygen atoms in total. The highest BCUT2D eigenvalue weighted by molar-refractivity contribution is 7.86. The van der Waals surface area contributed by atoms with Gasteiger partial charge in [0.05, 0.1) is 18.1 Å². The van der Waals surface area contributed by atoms with Crippen molar-refractivity contribution in [2.45, 2.75) is 37.9 Å². The number of carboxylic acids is 1. The van der Waals surface area contributed by atoms with Crippen LogP contribution in [0, 0.1) is 5.92 Å². The molecule has 0 aliphatic carbocycles. The van der Waals surface area contributed by atoms with E-state index in [0.29, 0.717) is 39.0 Å². The summed E-state index contributed by atoms with van der Waals surface area (Å²) in [6, 6.07) is 0. The zero-order valence-corrected chi connectivity index (χ0v) is 12.1. The number of piperidine rings is 1. The molecule has 3 saturated heterocycles. The van der Waals surface area contributed by atoms with Gasteiger partial charge in [0.1, 0.15) is 0 Å². The summed E-state index contributed by atoms with van der Waals surface area (Å²) in [6.45, 7) is 1.45. The molecule has 0 saturated carbocycles. The zero-order valence-electron chi connectivity index (χ0n) is 11.3. The van der Waals surface area contributed by atoms with E-state index in [1.807, 2.05) is 0 Å². The molecule has 2 bridgehead atoms. The smallest absolute Gasteiger partial charge is 0.306 e. The summed E-state index contributed by atoms with van der Waals surface area (Å²) < 4.78 is 33.8. The van der Waals surface area contributed by atoms with Crippen molar-refractivity contribution in [3.63, 3.8) is 0 Å². The SMILES string of the molecule is O=C(O)C1CCN(S(=O)(=O)N2CC3CCC(C2)O3)CC1. The van der Waals surface area contributed by atoms with Crippen molar-refractivity contribution in [3.05, 3.63) is 0 Å². The van der Waals surface area contributed by atoms with Gasteiger partial charge >= 0.3 is 5.97 Å². The van der Waals surface area contributed by atoms with E-state index in [1.54, 1.807) is 0 Å². The fourth-order valence-corrected chi connectivity index (χ4v) is 4.97. The number of rotatable bonds is 3. The molecule has 0 spiro atoms. The van der Waals surface area contributed by atoms with Gasteiger partial charge in [-0.15, -0.1) is 0 Å². The van der Waals surface area contributed by atoms with Crippen molar-refractivity contribution < 1.29 is 23.1 Å². The largest absolute Gasteiger partial charge is 0.481 e. The quantitative estimate of drug-likeness (QED) is 0.786. The highest BCUT2D eigenvalue weighted by Gasteiger charge is 2.42. The van der Waals surface area contributed by atoms with Crippen molar-refractivity contribution >= 4 is 16.2 Å². The van der Waals surface area contributed by atoms with Gasteiger partial charge in [0.2, 0.25) is 0 Å². The maximum absolute atomic E-state index is 12.6. The number of nitrogens with zero attached hydrogens (tertiary/aromatic N) is 2. The summed E-state index contributed by atoms with van der Waals surface area (Å²) in [4.78, 5) is 10.9. The average Bonchev–Trinajstić information content (AvgIpc) is 2.77. The van der Waals surface area contributed by atoms with Crippen LogP contribution in [0.1, 0.15) is 25.7 Å². The predicted octanol–water partition coefficient (Wildman–Crippen LogP) is -0.109. The van der Waals surface area contributed by atoms with Gasteiger partial charge in [-0.25, -0.2) is 0 Å². The van der Waals surface area contributed by atoms with E-state index in [-0.39, 0.29) is 12.2 Å². The minimum Gasteiger partial charge on any atom is -0.481 e. The second-order valence-electron chi connectivity index (χ2n) is 5.79. The molecule has 1 N–H and O–H groups in total. The second-order valence-corrected chi connectivity index (χ2v) is 7.72. The number of carboxylic acid groups (broad SMARTS) is 1. The number of hydrogen-bond acceptors (Lipinski definition) is 4. The molecule has 3 fully saturated rings. The Bertz CT molecular complexity index is 474. The Hall–Kier alpha value is -0.700. The molecule has 2 atom stereocenters. The Kier molecular flexibility index (Phi) is 3.74. The van der Waals surface area contributed by atoms with Crippen LogP contribution in [0.15, 0.2) is 0 Å². The summed E-state index contributed by atoms with van der Waals surface area (Å²) in [5.41, 5.74) is 0. The minimum absolute atomic E-state index is 0.0279. The Morgan fingerprint density at radius 2 is 1.55 bits per heavy atom. The third-order valence-electron chi connectivity index (χ3n) is 4.47. The summed E-state index contributed by atoms with van der Waals surface area (Å²) in [7, 11) is -3.47. The lowest BCUT2D eigenvalue weighted by molar-refractivity contribution is -0.142. The van der Waals surface area contributed by atoms with E-state index in [0.717, 1.165) is 12.8 Å². The average molecular weight is 304 g/mol. The second kappa shape index (κ2) is 5.25. The van der Waals surface area contributed by atoms with Gasteiger partial charge in [0.15, 0.2) is 0 Å². The van der Waals surface area contributed by atoms with E-state index < -0.39 is 22.1 Å². The minimum atomic E-state index is -3.47. The van der Waals surface area contributed by atoms with E-state index >= 15 is 0 Å². The monoisotopic (exact) mass is 304 g/mol. The van der Waals surface area contributed by atoms with Crippen LogP contribution >= 0.6 is 0 Å². The lowest BCUT2D eigenvalue weighted by Crippen LogP contribution is -2.53. The van der Waals surface area contributed by atoms with Crippen LogP contribution in [-0.2, 0) is 19.7 Å². The summed E-state index contributed by atoms with van der Waals surface area (Å²) in [5.74, 6) is -1.24. The molecule has 3 rings (SSSR count).